The predicted molar refractivity (Wildman–Crippen MR) is 105 cm³/mol. The van der Waals surface area contributed by atoms with Gasteiger partial charge in [-0.15, -0.1) is 11.6 Å². The van der Waals surface area contributed by atoms with Crippen LogP contribution in [0.15, 0.2) is 0 Å². The molecule has 0 bridgehead atoms. The number of hydrogen-bond donors (Lipinski definition) is 7. The molecule has 10 atom stereocenters. The molecule has 0 unspecified atom stereocenters. The Labute approximate surface area is 189 Å². The minimum atomic E-state index is -1.74. The largest absolute Gasteiger partial charge is 0.394 e. The van der Waals surface area contributed by atoms with Crippen LogP contribution in [0.2, 0.25) is 0 Å². The van der Waals surface area contributed by atoms with Gasteiger partial charge < -0.3 is 64.2 Å². The number of hydrogen-bond acceptors (Lipinski definition) is 13. The van der Waals surface area contributed by atoms with E-state index in [1.165, 1.54) is 0 Å². The summed E-state index contributed by atoms with van der Waals surface area (Å²) in [5.74, 6) is 0.379. The molecule has 0 aromatic rings. The van der Waals surface area contributed by atoms with Crippen molar-refractivity contribution >= 4 is 11.6 Å². The number of halogens is 1. The summed E-state index contributed by atoms with van der Waals surface area (Å²) in [4.78, 5) is 0. The lowest BCUT2D eigenvalue weighted by Crippen LogP contribution is -2.64. The Morgan fingerprint density at radius 3 is 1.81 bits per heavy atom. The summed E-state index contributed by atoms with van der Waals surface area (Å²) in [5, 5.41) is 69.7. The molecule has 0 aliphatic carbocycles. The van der Waals surface area contributed by atoms with Crippen molar-refractivity contribution in [2.45, 2.75) is 61.4 Å². The first-order chi connectivity index (χ1) is 15.3. The second-order valence-corrected chi connectivity index (χ2v) is 7.67. The average Bonchev–Trinajstić information content (AvgIpc) is 2.79. The minimum Gasteiger partial charge on any atom is -0.394 e. The Kier molecular flexibility index (Phi) is 12.5. The second kappa shape index (κ2) is 14.2. The van der Waals surface area contributed by atoms with Gasteiger partial charge in [-0.2, -0.15) is 0 Å². The third-order valence-electron chi connectivity index (χ3n) is 5.06. The van der Waals surface area contributed by atoms with Gasteiger partial charge in [0.2, 0.25) is 0 Å². The zero-order valence-electron chi connectivity index (χ0n) is 17.4. The Morgan fingerprint density at radius 1 is 0.625 bits per heavy atom. The first-order valence-electron chi connectivity index (χ1n) is 10.3. The molecule has 2 fully saturated rings. The van der Waals surface area contributed by atoms with E-state index >= 15 is 0 Å². The van der Waals surface area contributed by atoms with E-state index in [4.69, 9.17) is 40.0 Å². The summed E-state index contributed by atoms with van der Waals surface area (Å²) < 4.78 is 32.0. The van der Waals surface area contributed by atoms with Crippen LogP contribution >= 0.6 is 11.6 Å². The molecule has 0 spiro atoms. The fourth-order valence-electron chi connectivity index (χ4n) is 3.29. The van der Waals surface area contributed by atoms with E-state index in [0.29, 0.717) is 25.7 Å². The summed E-state index contributed by atoms with van der Waals surface area (Å²) in [6.45, 7) is -0.107. The van der Waals surface area contributed by atoms with Gasteiger partial charge in [0.05, 0.1) is 46.2 Å². The van der Waals surface area contributed by atoms with Crippen LogP contribution in [0.5, 0.6) is 0 Å². The van der Waals surface area contributed by atoms with Crippen molar-refractivity contribution < 1.29 is 64.2 Å². The lowest BCUT2D eigenvalue weighted by molar-refractivity contribution is -0.360. The predicted octanol–water partition coefficient (Wildman–Crippen LogP) is -4.10. The zero-order chi connectivity index (χ0) is 23.7. The Bertz CT molecular complexity index is 515. The number of alkyl halides is 1. The quantitative estimate of drug-likeness (QED) is 0.0967. The molecule has 0 amide bonds. The molecule has 190 valence electrons. The summed E-state index contributed by atoms with van der Waals surface area (Å²) in [6, 6.07) is 0. The number of rotatable bonds is 13. The molecule has 2 aliphatic heterocycles. The van der Waals surface area contributed by atoms with Crippen molar-refractivity contribution in [3.63, 3.8) is 0 Å². The van der Waals surface area contributed by atoms with E-state index in [-0.39, 0.29) is 13.2 Å². The van der Waals surface area contributed by atoms with Crippen LogP contribution in [0.25, 0.3) is 0 Å². The van der Waals surface area contributed by atoms with Gasteiger partial charge in [-0.1, -0.05) is 0 Å². The maximum Gasteiger partial charge on any atom is 0.187 e. The van der Waals surface area contributed by atoms with Crippen molar-refractivity contribution in [3.8, 4) is 0 Å². The van der Waals surface area contributed by atoms with Crippen molar-refractivity contribution in [2.24, 2.45) is 0 Å². The average molecular weight is 493 g/mol. The van der Waals surface area contributed by atoms with Crippen molar-refractivity contribution in [1.29, 1.82) is 0 Å². The lowest BCUT2D eigenvalue weighted by atomic mass is 9.97. The van der Waals surface area contributed by atoms with E-state index in [1.54, 1.807) is 0 Å². The molecule has 0 radical (unpaired) electrons. The molecule has 7 N–H and O–H groups in total. The molecule has 2 rings (SSSR count). The topological polar surface area (TPSA) is 197 Å². The molecule has 2 saturated heterocycles. The van der Waals surface area contributed by atoms with Crippen molar-refractivity contribution in [2.75, 3.05) is 52.1 Å². The first-order valence-corrected chi connectivity index (χ1v) is 10.8. The molecule has 2 heterocycles. The summed E-state index contributed by atoms with van der Waals surface area (Å²) in [6.07, 6.45) is -15.0. The number of ether oxygens (including phenoxy) is 6. The molecule has 14 heteroatoms. The highest BCUT2D eigenvalue weighted by atomic mass is 35.5. The third-order valence-corrected chi connectivity index (χ3v) is 5.22. The first kappa shape index (κ1) is 28.0. The molecule has 0 aromatic carbocycles. The van der Waals surface area contributed by atoms with E-state index in [9.17, 15) is 35.7 Å². The van der Waals surface area contributed by atoms with Crippen LogP contribution in [0.4, 0.5) is 0 Å². The second-order valence-electron chi connectivity index (χ2n) is 7.29. The van der Waals surface area contributed by atoms with Crippen LogP contribution in [-0.4, -0.2) is 149 Å². The van der Waals surface area contributed by atoms with Gasteiger partial charge in [0.1, 0.15) is 48.8 Å². The molecular formula is C18H33ClO13. The van der Waals surface area contributed by atoms with Gasteiger partial charge in [-0.3, -0.25) is 0 Å². The van der Waals surface area contributed by atoms with Crippen molar-refractivity contribution in [3.05, 3.63) is 0 Å². The van der Waals surface area contributed by atoms with Crippen LogP contribution in [0.1, 0.15) is 0 Å². The number of aliphatic hydroxyl groups excluding tert-OH is 7. The Morgan fingerprint density at radius 2 is 1.19 bits per heavy atom. The van der Waals surface area contributed by atoms with E-state index in [1.807, 2.05) is 0 Å². The lowest BCUT2D eigenvalue weighted by Gasteiger charge is -2.45. The molecule has 13 nitrogen and oxygen atoms in total. The van der Waals surface area contributed by atoms with Crippen LogP contribution in [0.3, 0.4) is 0 Å². The molecule has 0 aromatic heterocycles. The van der Waals surface area contributed by atoms with Gasteiger partial charge in [0, 0.05) is 5.88 Å². The van der Waals surface area contributed by atoms with Gasteiger partial charge in [-0.05, 0) is 0 Å². The normalized spacial score (nSPS) is 40.5. The van der Waals surface area contributed by atoms with Gasteiger partial charge in [-0.25, -0.2) is 0 Å². The van der Waals surface area contributed by atoms with Crippen LogP contribution in [-0.2, 0) is 28.4 Å². The van der Waals surface area contributed by atoms with E-state index < -0.39 is 74.6 Å². The summed E-state index contributed by atoms with van der Waals surface area (Å²) in [5.41, 5.74) is 0. The standard InChI is InChI=1S/C18H33ClO13/c19-1-2-27-3-4-28-5-6-29-17-15(26)16(12(23)10(8-21)30-17)32-18-14(25)13(24)11(22)9(7-20)31-18/h9-18,20-26H,1-8H2/t9-,10-,11+,12+,13+,14-,15-,16+,17-,18-/m1/s1. The summed E-state index contributed by atoms with van der Waals surface area (Å²) >= 11 is 5.48. The van der Waals surface area contributed by atoms with Gasteiger partial charge in [0.15, 0.2) is 12.6 Å². The SMILES string of the molecule is OC[C@H]1O[C@H](O[C@H]2[C@@H](O)[C@@H](CO)O[C@@H](OCCOCCOCCCl)[C@@H]2O)[C@H](O)[C@@H](O)[C@H]1O. The summed E-state index contributed by atoms with van der Waals surface area (Å²) in [7, 11) is 0. The van der Waals surface area contributed by atoms with E-state index in [0.717, 1.165) is 0 Å². The van der Waals surface area contributed by atoms with Gasteiger partial charge >= 0.3 is 0 Å². The maximum atomic E-state index is 10.6. The zero-order valence-corrected chi connectivity index (χ0v) is 18.1. The van der Waals surface area contributed by atoms with Crippen LogP contribution in [0, 0.1) is 0 Å². The maximum absolute atomic E-state index is 10.6. The molecule has 0 saturated carbocycles. The fraction of sp³-hybridized carbons (Fsp3) is 1.00. The van der Waals surface area contributed by atoms with Crippen molar-refractivity contribution in [1.82, 2.24) is 0 Å². The molecular weight excluding hydrogens is 460 g/mol. The Balaban J connectivity index is 1.91. The highest BCUT2D eigenvalue weighted by Crippen LogP contribution is 2.29. The van der Waals surface area contributed by atoms with E-state index in [2.05, 4.69) is 0 Å². The Hall–Kier alpha value is -0.230. The molecule has 2 aliphatic rings. The van der Waals surface area contributed by atoms with Crippen LogP contribution < -0.4 is 0 Å². The fourth-order valence-corrected chi connectivity index (χ4v) is 3.40. The third kappa shape index (κ3) is 7.38. The number of aliphatic hydroxyl groups is 7. The van der Waals surface area contributed by atoms with Gasteiger partial charge in [0.25, 0.3) is 0 Å². The monoisotopic (exact) mass is 492 g/mol. The highest BCUT2D eigenvalue weighted by Gasteiger charge is 2.50. The molecule has 32 heavy (non-hydrogen) atoms. The smallest absolute Gasteiger partial charge is 0.187 e. The highest BCUT2D eigenvalue weighted by molar-refractivity contribution is 6.17. The minimum absolute atomic E-state index is 0.00174.